The number of allylic oxidation sites excluding steroid dienone is 1. The minimum atomic E-state index is -0.764. The molecule has 0 saturated carbocycles. The number of hydrogen-bond acceptors (Lipinski definition) is 2. The molecule has 3 amide bonds. The highest BCUT2D eigenvalue weighted by Gasteiger charge is 2.33. The van der Waals surface area contributed by atoms with E-state index >= 15 is 0 Å². The highest BCUT2D eigenvalue weighted by Crippen LogP contribution is 2.36. The largest absolute Gasteiger partial charge is 0.327 e. The van der Waals surface area contributed by atoms with Gasteiger partial charge in [-0.05, 0) is 43.3 Å². The Kier molecular flexibility index (Phi) is 5.55. The molecule has 3 N–H and O–H groups in total. The van der Waals surface area contributed by atoms with Crippen LogP contribution in [0.15, 0.2) is 58.2 Å². The summed E-state index contributed by atoms with van der Waals surface area (Å²) in [5.74, 6) is -0.363. The fourth-order valence-electron chi connectivity index (χ4n) is 2.73. The third kappa shape index (κ3) is 3.87. The summed E-state index contributed by atoms with van der Waals surface area (Å²) in [4.78, 5) is 24.9. The number of halogens is 3. The molecule has 3 rings (SSSR count). The molecule has 1 aliphatic rings. The van der Waals surface area contributed by atoms with Gasteiger partial charge < -0.3 is 16.0 Å². The van der Waals surface area contributed by atoms with E-state index in [0.29, 0.717) is 32.6 Å². The number of hydrogen-bond donors (Lipinski definition) is 3. The molecule has 1 heterocycles. The Morgan fingerprint density at radius 3 is 2.35 bits per heavy atom. The van der Waals surface area contributed by atoms with Crippen LogP contribution in [0.5, 0.6) is 0 Å². The number of carbonyl (C=O) groups excluding carboxylic acids is 2. The predicted molar refractivity (Wildman–Crippen MR) is 106 cm³/mol. The van der Waals surface area contributed by atoms with E-state index in [2.05, 4.69) is 31.9 Å². The van der Waals surface area contributed by atoms with Crippen molar-refractivity contribution < 1.29 is 9.59 Å². The van der Waals surface area contributed by atoms with Gasteiger partial charge in [-0.2, -0.15) is 0 Å². The first kappa shape index (κ1) is 18.8. The number of benzene rings is 2. The second-order valence-corrected chi connectivity index (χ2v) is 7.40. The van der Waals surface area contributed by atoms with Gasteiger partial charge in [-0.3, -0.25) is 4.79 Å². The van der Waals surface area contributed by atoms with Crippen molar-refractivity contribution in [2.75, 3.05) is 5.32 Å². The molecule has 0 aromatic heterocycles. The first-order valence-corrected chi connectivity index (χ1v) is 9.21. The first-order chi connectivity index (χ1) is 12.4. The van der Waals surface area contributed by atoms with Crippen LogP contribution in [0.25, 0.3) is 0 Å². The standard InChI is InChI=1S/C18H14BrCl2N3O2/c1-9-14(17(25)23-11-7-5-10(19)6-8-11)16(24-18(26)22-9)15-12(20)3-2-4-13(15)21/h2-8,16H,1H3,(H,23,25)(H2,22,24,26). The molecule has 0 fully saturated rings. The van der Waals surface area contributed by atoms with E-state index < -0.39 is 12.1 Å². The van der Waals surface area contributed by atoms with Gasteiger partial charge in [-0.25, -0.2) is 4.79 Å². The van der Waals surface area contributed by atoms with Gasteiger partial charge >= 0.3 is 6.03 Å². The van der Waals surface area contributed by atoms with Crippen molar-refractivity contribution in [2.45, 2.75) is 13.0 Å². The molecule has 1 aliphatic heterocycles. The predicted octanol–water partition coefficient (Wildman–Crippen LogP) is 5.02. The van der Waals surface area contributed by atoms with E-state index in [-0.39, 0.29) is 5.91 Å². The van der Waals surface area contributed by atoms with Gasteiger partial charge in [0.25, 0.3) is 5.91 Å². The fraction of sp³-hybridized carbons (Fsp3) is 0.111. The average molecular weight is 455 g/mol. The number of nitrogens with one attached hydrogen (secondary N) is 3. The van der Waals surface area contributed by atoms with E-state index in [0.717, 1.165) is 4.47 Å². The molecule has 0 aliphatic carbocycles. The van der Waals surface area contributed by atoms with Crippen LogP contribution in [-0.2, 0) is 4.79 Å². The molecule has 2 aromatic rings. The van der Waals surface area contributed by atoms with Crippen molar-refractivity contribution in [2.24, 2.45) is 0 Å². The Balaban J connectivity index is 2.00. The van der Waals surface area contributed by atoms with Crippen LogP contribution in [0.3, 0.4) is 0 Å². The SMILES string of the molecule is CC1=C(C(=O)Nc2ccc(Br)cc2)C(c2c(Cl)cccc2Cl)NC(=O)N1. The lowest BCUT2D eigenvalue weighted by Gasteiger charge is -2.29. The van der Waals surface area contributed by atoms with Crippen molar-refractivity contribution in [3.63, 3.8) is 0 Å². The van der Waals surface area contributed by atoms with Crippen LogP contribution in [0.4, 0.5) is 10.5 Å². The maximum atomic E-state index is 12.9. The lowest BCUT2D eigenvalue weighted by molar-refractivity contribution is -0.113. The molecule has 0 radical (unpaired) electrons. The van der Waals surface area contributed by atoms with Crippen molar-refractivity contribution in [1.82, 2.24) is 10.6 Å². The monoisotopic (exact) mass is 453 g/mol. The van der Waals surface area contributed by atoms with Crippen LogP contribution in [0.1, 0.15) is 18.5 Å². The van der Waals surface area contributed by atoms with Crippen LogP contribution in [0, 0.1) is 0 Å². The first-order valence-electron chi connectivity index (χ1n) is 7.66. The van der Waals surface area contributed by atoms with E-state index in [1.165, 1.54) is 0 Å². The number of rotatable bonds is 3. The summed E-state index contributed by atoms with van der Waals surface area (Å²) in [6.07, 6.45) is 0. The Hall–Kier alpha value is -2.02. The summed E-state index contributed by atoms with van der Waals surface area (Å²) in [6, 6.07) is 11.0. The molecule has 0 spiro atoms. The van der Waals surface area contributed by atoms with Gasteiger partial charge in [0.15, 0.2) is 0 Å². The van der Waals surface area contributed by atoms with E-state index in [1.54, 1.807) is 37.3 Å². The van der Waals surface area contributed by atoms with E-state index in [9.17, 15) is 9.59 Å². The molecule has 0 saturated heterocycles. The lowest BCUT2D eigenvalue weighted by atomic mass is 9.94. The highest BCUT2D eigenvalue weighted by molar-refractivity contribution is 9.10. The molecule has 8 heteroatoms. The Morgan fingerprint density at radius 2 is 1.73 bits per heavy atom. The summed E-state index contributed by atoms with van der Waals surface area (Å²) >= 11 is 15.9. The number of amides is 3. The van der Waals surface area contributed by atoms with Crippen molar-refractivity contribution >= 4 is 56.8 Å². The molecule has 0 bridgehead atoms. The quantitative estimate of drug-likeness (QED) is 0.609. The zero-order valence-corrected chi connectivity index (χ0v) is 16.7. The highest BCUT2D eigenvalue weighted by atomic mass is 79.9. The van der Waals surface area contributed by atoms with Crippen LogP contribution < -0.4 is 16.0 Å². The Labute approximate surface area is 168 Å². The molecule has 1 atom stereocenters. The van der Waals surface area contributed by atoms with Crippen molar-refractivity contribution in [3.8, 4) is 0 Å². The normalized spacial score (nSPS) is 16.8. The molecule has 134 valence electrons. The number of anilines is 1. The summed E-state index contributed by atoms with van der Waals surface area (Å²) in [5.41, 5.74) is 1.87. The molecule has 1 unspecified atom stereocenters. The van der Waals surface area contributed by atoms with Crippen LogP contribution in [0.2, 0.25) is 10.0 Å². The van der Waals surface area contributed by atoms with Crippen LogP contribution in [-0.4, -0.2) is 11.9 Å². The van der Waals surface area contributed by atoms with Gasteiger partial charge in [0.05, 0.1) is 11.6 Å². The van der Waals surface area contributed by atoms with E-state index in [1.807, 2.05) is 12.1 Å². The number of carbonyl (C=O) groups is 2. The average Bonchev–Trinajstić information content (AvgIpc) is 2.56. The third-order valence-corrected chi connectivity index (χ3v) is 5.09. The second-order valence-electron chi connectivity index (χ2n) is 5.67. The fourth-order valence-corrected chi connectivity index (χ4v) is 3.61. The molecule has 26 heavy (non-hydrogen) atoms. The maximum Gasteiger partial charge on any atom is 0.319 e. The summed E-state index contributed by atoms with van der Waals surface area (Å²) < 4.78 is 0.901. The molecule has 2 aromatic carbocycles. The second kappa shape index (κ2) is 7.70. The number of urea groups is 1. The third-order valence-electron chi connectivity index (χ3n) is 3.90. The van der Waals surface area contributed by atoms with Gasteiger partial charge in [0.2, 0.25) is 0 Å². The summed E-state index contributed by atoms with van der Waals surface area (Å²) in [7, 11) is 0. The zero-order chi connectivity index (χ0) is 18.8. The lowest BCUT2D eigenvalue weighted by Crippen LogP contribution is -2.46. The Morgan fingerprint density at radius 1 is 1.12 bits per heavy atom. The summed E-state index contributed by atoms with van der Waals surface area (Å²) in [6.45, 7) is 1.66. The minimum Gasteiger partial charge on any atom is -0.327 e. The van der Waals surface area contributed by atoms with Gasteiger partial charge in [0, 0.05) is 31.5 Å². The maximum absolute atomic E-state index is 12.9. The molecular weight excluding hydrogens is 441 g/mol. The Bertz CT molecular complexity index is 893. The topological polar surface area (TPSA) is 70.2 Å². The van der Waals surface area contributed by atoms with Crippen molar-refractivity contribution in [1.29, 1.82) is 0 Å². The van der Waals surface area contributed by atoms with Crippen LogP contribution >= 0.6 is 39.1 Å². The minimum absolute atomic E-state index is 0.336. The summed E-state index contributed by atoms with van der Waals surface area (Å²) in [5, 5.41) is 8.91. The zero-order valence-electron chi connectivity index (χ0n) is 13.6. The van der Waals surface area contributed by atoms with Gasteiger partial charge in [-0.1, -0.05) is 45.2 Å². The van der Waals surface area contributed by atoms with Gasteiger partial charge in [-0.15, -0.1) is 0 Å². The molecule has 5 nitrogen and oxygen atoms in total. The van der Waals surface area contributed by atoms with Crippen molar-refractivity contribution in [3.05, 3.63) is 73.8 Å². The molecular formula is C18H14BrCl2N3O2. The van der Waals surface area contributed by atoms with E-state index in [4.69, 9.17) is 23.2 Å². The smallest absolute Gasteiger partial charge is 0.319 e. The van der Waals surface area contributed by atoms with Gasteiger partial charge in [0.1, 0.15) is 0 Å².